The number of rotatable bonds is 4. The molecule has 3 aromatic carbocycles. The van der Waals surface area contributed by atoms with Gasteiger partial charge in [-0.25, -0.2) is 14.2 Å². The van der Waals surface area contributed by atoms with Crippen molar-refractivity contribution in [3.05, 3.63) is 84.2 Å². The van der Waals surface area contributed by atoms with Gasteiger partial charge in [-0.15, -0.1) is 0 Å². The Bertz CT molecular complexity index is 1060. The molecule has 0 radical (unpaired) electrons. The minimum Gasteiger partial charge on any atom is -0.336 e. The van der Waals surface area contributed by atoms with Crippen molar-refractivity contribution in [2.45, 2.75) is 0 Å². The van der Waals surface area contributed by atoms with Crippen molar-refractivity contribution in [1.29, 1.82) is 0 Å². The van der Waals surface area contributed by atoms with Crippen molar-refractivity contribution in [2.75, 3.05) is 5.48 Å². The number of hydrogen-bond acceptors (Lipinski definition) is 5. The van der Waals surface area contributed by atoms with E-state index in [0.29, 0.717) is 20.9 Å². The third kappa shape index (κ3) is 3.41. The summed E-state index contributed by atoms with van der Waals surface area (Å²) in [5, 5.41) is 0.389. The highest BCUT2D eigenvalue weighted by Gasteiger charge is 2.10. The van der Waals surface area contributed by atoms with Crippen LogP contribution in [0.4, 0.5) is 9.52 Å². The highest BCUT2D eigenvalue weighted by atomic mass is 32.1. The number of nitrogens with one attached hydrogen (secondary N) is 1. The van der Waals surface area contributed by atoms with Gasteiger partial charge in [-0.3, -0.25) is 0 Å². The molecular weight excluding hydrogens is 351 g/mol. The fourth-order valence-corrected chi connectivity index (χ4v) is 3.35. The van der Waals surface area contributed by atoms with Gasteiger partial charge in [0.1, 0.15) is 5.82 Å². The average molecular weight is 364 g/mol. The molecule has 6 heteroatoms. The lowest BCUT2D eigenvalue weighted by Crippen LogP contribution is -2.10. The molecule has 0 atom stereocenters. The highest BCUT2D eigenvalue weighted by molar-refractivity contribution is 7.22. The summed E-state index contributed by atoms with van der Waals surface area (Å²) < 4.78 is 13.9. The summed E-state index contributed by atoms with van der Waals surface area (Å²) in [6.45, 7) is 0. The molecule has 1 aromatic heterocycles. The number of aromatic nitrogens is 1. The summed E-state index contributed by atoms with van der Waals surface area (Å²) in [7, 11) is 0. The normalized spacial score (nSPS) is 10.7. The first-order valence-electron chi connectivity index (χ1n) is 7.88. The quantitative estimate of drug-likeness (QED) is 0.500. The van der Waals surface area contributed by atoms with Crippen molar-refractivity contribution in [3.63, 3.8) is 0 Å². The number of hydrogen-bond donors (Lipinski definition) is 1. The van der Waals surface area contributed by atoms with Gasteiger partial charge in [0.15, 0.2) is 0 Å². The molecule has 0 saturated heterocycles. The van der Waals surface area contributed by atoms with Gasteiger partial charge in [-0.1, -0.05) is 53.8 Å². The molecule has 0 fully saturated rings. The zero-order valence-corrected chi connectivity index (χ0v) is 14.3. The summed E-state index contributed by atoms with van der Waals surface area (Å²) in [6.07, 6.45) is 0. The third-order valence-corrected chi connectivity index (χ3v) is 4.72. The Labute approximate surface area is 152 Å². The van der Waals surface area contributed by atoms with Gasteiger partial charge in [0.25, 0.3) is 0 Å². The molecule has 1 N–H and O–H groups in total. The van der Waals surface area contributed by atoms with E-state index in [2.05, 4.69) is 10.5 Å². The molecule has 128 valence electrons. The zero-order valence-electron chi connectivity index (χ0n) is 13.5. The number of carbonyl (C=O) groups excluding carboxylic acids is 1. The Morgan fingerprint density at radius 3 is 2.46 bits per heavy atom. The van der Waals surface area contributed by atoms with Crippen molar-refractivity contribution in [1.82, 2.24) is 4.98 Å². The van der Waals surface area contributed by atoms with Crippen LogP contribution in [0.5, 0.6) is 0 Å². The SMILES string of the molecule is O=C(ONc1nc2ccc(F)cc2s1)c1ccc(-c2ccccc2)cc1. The monoisotopic (exact) mass is 364 g/mol. The van der Waals surface area contributed by atoms with E-state index in [1.54, 1.807) is 18.2 Å². The maximum absolute atomic E-state index is 13.2. The van der Waals surface area contributed by atoms with Crippen LogP contribution >= 0.6 is 11.3 Å². The van der Waals surface area contributed by atoms with Gasteiger partial charge < -0.3 is 4.84 Å². The molecule has 0 aliphatic heterocycles. The van der Waals surface area contributed by atoms with Crippen LogP contribution in [0.25, 0.3) is 21.3 Å². The number of nitrogens with zero attached hydrogens (tertiary/aromatic N) is 1. The van der Waals surface area contributed by atoms with E-state index in [9.17, 15) is 9.18 Å². The van der Waals surface area contributed by atoms with Gasteiger partial charge in [0.05, 0.1) is 15.8 Å². The lowest BCUT2D eigenvalue weighted by molar-refractivity contribution is 0.0596. The predicted molar refractivity (Wildman–Crippen MR) is 100 cm³/mol. The first-order valence-corrected chi connectivity index (χ1v) is 8.69. The molecule has 4 aromatic rings. The minimum absolute atomic E-state index is 0.330. The van der Waals surface area contributed by atoms with Crippen molar-refractivity contribution < 1.29 is 14.0 Å². The lowest BCUT2D eigenvalue weighted by atomic mass is 10.0. The second-order valence-corrected chi connectivity index (χ2v) is 6.60. The standard InChI is InChI=1S/C20H13FN2O2S/c21-16-10-11-17-18(12-16)26-20(22-17)23-25-19(24)15-8-6-14(7-9-15)13-4-2-1-3-5-13/h1-12H,(H,22,23). The first-order chi connectivity index (χ1) is 12.7. The van der Waals surface area contributed by atoms with Crippen LogP contribution in [0.15, 0.2) is 72.8 Å². The number of anilines is 1. The fraction of sp³-hybridized carbons (Fsp3) is 0. The number of fused-ring (bicyclic) bond motifs is 1. The summed E-state index contributed by atoms with van der Waals surface area (Å²) in [4.78, 5) is 21.5. The van der Waals surface area contributed by atoms with E-state index in [0.717, 1.165) is 11.1 Å². The summed E-state index contributed by atoms with van der Waals surface area (Å²) in [5.74, 6) is -0.849. The van der Waals surface area contributed by atoms with Crippen LogP contribution in [0.1, 0.15) is 10.4 Å². The highest BCUT2D eigenvalue weighted by Crippen LogP contribution is 2.26. The maximum Gasteiger partial charge on any atom is 0.362 e. The molecule has 0 saturated carbocycles. The number of thiazole rings is 1. The van der Waals surface area contributed by atoms with E-state index >= 15 is 0 Å². The summed E-state index contributed by atoms with van der Waals surface area (Å²) in [5.41, 5.74) is 5.69. The zero-order chi connectivity index (χ0) is 17.9. The van der Waals surface area contributed by atoms with Crippen molar-refractivity contribution in [3.8, 4) is 11.1 Å². The molecule has 0 unspecified atom stereocenters. The van der Waals surface area contributed by atoms with Crippen molar-refractivity contribution in [2.24, 2.45) is 0 Å². The first kappa shape index (κ1) is 16.2. The van der Waals surface area contributed by atoms with E-state index in [-0.39, 0.29) is 5.82 Å². The molecule has 4 rings (SSSR count). The predicted octanol–water partition coefficient (Wildman–Crippen LogP) is 5.29. The van der Waals surface area contributed by atoms with Gasteiger partial charge in [0, 0.05) is 0 Å². The Morgan fingerprint density at radius 2 is 1.69 bits per heavy atom. The smallest absolute Gasteiger partial charge is 0.336 e. The Hall–Kier alpha value is -3.25. The van der Waals surface area contributed by atoms with Crippen LogP contribution in [0.2, 0.25) is 0 Å². The molecular formula is C20H13FN2O2S. The summed E-state index contributed by atoms with van der Waals surface area (Å²) in [6, 6.07) is 21.4. The van der Waals surface area contributed by atoms with Gasteiger partial charge >= 0.3 is 5.97 Å². The lowest BCUT2D eigenvalue weighted by Gasteiger charge is -2.05. The maximum atomic E-state index is 13.2. The fourth-order valence-electron chi connectivity index (χ4n) is 2.52. The average Bonchev–Trinajstić information content (AvgIpc) is 3.09. The molecule has 26 heavy (non-hydrogen) atoms. The molecule has 1 heterocycles. The van der Waals surface area contributed by atoms with Gasteiger partial charge in [-0.2, -0.15) is 5.48 Å². The van der Waals surface area contributed by atoms with Crippen LogP contribution in [-0.2, 0) is 4.84 Å². The molecule has 0 aliphatic carbocycles. The van der Waals surface area contributed by atoms with E-state index in [1.807, 2.05) is 42.5 Å². The Kier molecular flexibility index (Phi) is 4.33. The van der Waals surface area contributed by atoms with Crippen molar-refractivity contribution >= 4 is 32.7 Å². The molecule has 4 nitrogen and oxygen atoms in total. The number of carbonyl (C=O) groups is 1. The second kappa shape index (κ2) is 6.93. The number of benzene rings is 3. The number of halogens is 1. The minimum atomic E-state index is -0.518. The van der Waals surface area contributed by atoms with Gasteiger partial charge in [-0.05, 0) is 41.5 Å². The summed E-state index contributed by atoms with van der Waals surface area (Å²) >= 11 is 1.21. The van der Waals surface area contributed by atoms with E-state index in [1.165, 1.54) is 23.5 Å². The third-order valence-electron chi connectivity index (χ3n) is 3.81. The van der Waals surface area contributed by atoms with Crippen LogP contribution in [0.3, 0.4) is 0 Å². The molecule has 0 aliphatic rings. The van der Waals surface area contributed by atoms with Crippen LogP contribution in [0, 0.1) is 5.82 Å². The largest absolute Gasteiger partial charge is 0.362 e. The topological polar surface area (TPSA) is 51.2 Å². The van der Waals surface area contributed by atoms with E-state index < -0.39 is 5.97 Å². The molecule has 0 amide bonds. The second-order valence-electron chi connectivity index (χ2n) is 5.57. The van der Waals surface area contributed by atoms with Gasteiger partial charge in [0.2, 0.25) is 5.13 Å². The Morgan fingerprint density at radius 1 is 0.962 bits per heavy atom. The molecule has 0 spiro atoms. The molecule has 0 bridgehead atoms. The van der Waals surface area contributed by atoms with Crippen LogP contribution < -0.4 is 5.48 Å². The van der Waals surface area contributed by atoms with Crippen LogP contribution in [-0.4, -0.2) is 11.0 Å². The van der Waals surface area contributed by atoms with E-state index in [4.69, 9.17) is 4.84 Å². The Balaban J connectivity index is 1.44.